The number of rotatable bonds is 3. The Bertz CT molecular complexity index is 1070. The fraction of sp³-hybridized carbons (Fsp3) is 0.150. The number of aromatic nitrogens is 2. The third-order valence-electron chi connectivity index (χ3n) is 4.31. The number of halogens is 1. The van der Waals surface area contributed by atoms with E-state index in [1.54, 1.807) is 23.1 Å². The van der Waals surface area contributed by atoms with Crippen LogP contribution in [0.5, 0.6) is 5.75 Å². The zero-order valence-electron chi connectivity index (χ0n) is 14.3. The van der Waals surface area contributed by atoms with Gasteiger partial charge in [0.05, 0.1) is 11.2 Å². The van der Waals surface area contributed by atoms with Crippen molar-refractivity contribution in [2.24, 2.45) is 0 Å². The maximum absolute atomic E-state index is 14.1. The number of carbonyl (C=O) groups is 1. The van der Waals surface area contributed by atoms with E-state index in [2.05, 4.69) is 21.2 Å². The summed E-state index contributed by atoms with van der Waals surface area (Å²) in [5, 5.41) is 3.54. The first-order valence-corrected chi connectivity index (χ1v) is 8.39. The summed E-state index contributed by atoms with van der Waals surface area (Å²) in [5.74, 6) is 2.77. The molecule has 2 heterocycles. The van der Waals surface area contributed by atoms with Crippen molar-refractivity contribution in [2.45, 2.75) is 6.42 Å². The molecule has 0 spiro atoms. The average Bonchev–Trinajstić information content (AvgIpc) is 2.62. The largest absolute Gasteiger partial charge is 0.415 e. The minimum atomic E-state index is -0.457. The molecule has 0 unspecified atom stereocenters. The number of terminal acetylenes is 1. The van der Waals surface area contributed by atoms with Gasteiger partial charge in [0.15, 0.2) is 0 Å². The highest BCUT2D eigenvalue weighted by Gasteiger charge is 2.22. The van der Waals surface area contributed by atoms with Gasteiger partial charge in [0.25, 0.3) is 0 Å². The summed E-state index contributed by atoms with van der Waals surface area (Å²) < 4.78 is 19.5. The van der Waals surface area contributed by atoms with E-state index >= 15 is 0 Å². The Labute approximate surface area is 155 Å². The molecule has 1 saturated heterocycles. The maximum atomic E-state index is 14.1. The van der Waals surface area contributed by atoms with Crippen molar-refractivity contribution in [3.05, 3.63) is 54.1 Å². The van der Waals surface area contributed by atoms with Crippen molar-refractivity contribution < 1.29 is 13.9 Å². The Morgan fingerprint density at radius 2 is 2.07 bits per heavy atom. The quantitative estimate of drug-likeness (QED) is 0.720. The van der Waals surface area contributed by atoms with Gasteiger partial charge in [-0.3, -0.25) is 0 Å². The Hall–Kier alpha value is -3.66. The van der Waals surface area contributed by atoms with Gasteiger partial charge in [-0.15, -0.1) is 6.42 Å². The van der Waals surface area contributed by atoms with Crippen LogP contribution >= 0.6 is 0 Å². The summed E-state index contributed by atoms with van der Waals surface area (Å²) in [7, 11) is 0. The van der Waals surface area contributed by atoms with Crippen molar-refractivity contribution in [3.8, 4) is 18.1 Å². The third-order valence-corrected chi connectivity index (χ3v) is 4.31. The number of benzene rings is 2. The number of amides is 1. The average molecular weight is 362 g/mol. The standard InChI is InChI=1S/C20H15FN4O2/c1-2-13-4-6-16(21)18(10-13)24-19-15-11-14(5-7-17(15)22-12-23-19)27-20(26)25-8-3-9-25/h1,4-7,10-12H,3,8-9H2,(H,22,23,24). The Balaban J connectivity index is 1.67. The van der Waals surface area contributed by atoms with E-state index in [1.807, 2.05) is 0 Å². The zero-order chi connectivity index (χ0) is 18.8. The van der Waals surface area contributed by atoms with Gasteiger partial charge in [-0.2, -0.15) is 0 Å². The number of anilines is 2. The van der Waals surface area contributed by atoms with Crippen LogP contribution in [0.4, 0.5) is 20.7 Å². The lowest BCUT2D eigenvalue weighted by Gasteiger charge is -2.29. The molecular formula is C20H15FN4O2. The van der Waals surface area contributed by atoms with Crippen LogP contribution < -0.4 is 10.1 Å². The molecular weight excluding hydrogens is 347 g/mol. The molecule has 27 heavy (non-hydrogen) atoms. The van der Waals surface area contributed by atoms with Crippen molar-refractivity contribution in [3.63, 3.8) is 0 Å². The highest BCUT2D eigenvalue weighted by molar-refractivity contribution is 5.92. The first kappa shape index (κ1) is 16.8. The maximum Gasteiger partial charge on any atom is 0.415 e. The first-order valence-electron chi connectivity index (χ1n) is 8.39. The van der Waals surface area contributed by atoms with Gasteiger partial charge < -0.3 is 15.0 Å². The Morgan fingerprint density at radius 1 is 1.22 bits per heavy atom. The molecule has 1 fully saturated rings. The van der Waals surface area contributed by atoms with Gasteiger partial charge >= 0.3 is 6.09 Å². The molecule has 4 rings (SSSR count). The van der Waals surface area contributed by atoms with E-state index in [-0.39, 0.29) is 11.8 Å². The number of likely N-dealkylation sites (tertiary alicyclic amines) is 1. The highest BCUT2D eigenvalue weighted by atomic mass is 19.1. The minimum Gasteiger partial charge on any atom is -0.410 e. The van der Waals surface area contributed by atoms with Crippen molar-refractivity contribution >= 4 is 28.5 Å². The molecule has 1 amide bonds. The molecule has 134 valence electrons. The summed E-state index contributed by atoms with van der Waals surface area (Å²) in [6.45, 7) is 1.40. The van der Waals surface area contributed by atoms with Crippen molar-refractivity contribution in [2.75, 3.05) is 18.4 Å². The van der Waals surface area contributed by atoms with Crippen LogP contribution in [0.1, 0.15) is 12.0 Å². The van der Waals surface area contributed by atoms with E-state index in [4.69, 9.17) is 11.2 Å². The molecule has 0 aliphatic carbocycles. The number of nitrogens with one attached hydrogen (secondary N) is 1. The fourth-order valence-electron chi connectivity index (χ4n) is 2.70. The predicted molar refractivity (Wildman–Crippen MR) is 99.4 cm³/mol. The molecule has 1 aliphatic heterocycles. The van der Waals surface area contributed by atoms with E-state index in [0.29, 0.717) is 41.1 Å². The number of fused-ring (bicyclic) bond motifs is 1. The van der Waals surface area contributed by atoms with E-state index in [0.717, 1.165) is 6.42 Å². The number of carbonyl (C=O) groups excluding carboxylic acids is 1. The lowest BCUT2D eigenvalue weighted by molar-refractivity contribution is 0.125. The first-order chi connectivity index (χ1) is 13.1. The lowest BCUT2D eigenvalue weighted by atomic mass is 10.2. The van der Waals surface area contributed by atoms with Gasteiger partial charge in [-0.05, 0) is 42.8 Å². The molecule has 0 saturated carbocycles. The summed E-state index contributed by atoms with van der Waals surface area (Å²) in [5.41, 5.74) is 1.37. The highest BCUT2D eigenvalue weighted by Crippen LogP contribution is 2.28. The number of nitrogens with zero attached hydrogens (tertiary/aromatic N) is 3. The van der Waals surface area contributed by atoms with Crippen LogP contribution in [0.15, 0.2) is 42.7 Å². The molecule has 2 aromatic carbocycles. The molecule has 1 aromatic heterocycles. The second-order valence-corrected chi connectivity index (χ2v) is 6.07. The monoisotopic (exact) mass is 362 g/mol. The lowest BCUT2D eigenvalue weighted by Crippen LogP contribution is -2.43. The summed E-state index contributed by atoms with van der Waals surface area (Å²) in [6.07, 6.45) is 7.35. The molecule has 7 heteroatoms. The summed E-state index contributed by atoms with van der Waals surface area (Å²) in [4.78, 5) is 22.0. The van der Waals surface area contributed by atoms with Gasteiger partial charge in [-0.25, -0.2) is 19.2 Å². The second kappa shape index (κ2) is 6.92. The van der Waals surface area contributed by atoms with Crippen LogP contribution in [-0.4, -0.2) is 34.1 Å². The summed E-state index contributed by atoms with van der Waals surface area (Å²) >= 11 is 0. The molecule has 3 aromatic rings. The summed E-state index contributed by atoms with van der Waals surface area (Å²) in [6, 6.07) is 9.37. The van der Waals surface area contributed by atoms with Crippen molar-refractivity contribution in [1.29, 1.82) is 0 Å². The second-order valence-electron chi connectivity index (χ2n) is 6.07. The smallest absolute Gasteiger partial charge is 0.410 e. The Kier molecular flexibility index (Phi) is 4.30. The van der Waals surface area contributed by atoms with Gasteiger partial charge in [0.1, 0.15) is 23.7 Å². The number of hydrogen-bond acceptors (Lipinski definition) is 5. The van der Waals surface area contributed by atoms with Gasteiger partial charge in [-0.1, -0.05) is 5.92 Å². The number of hydrogen-bond donors (Lipinski definition) is 1. The predicted octanol–water partition coefficient (Wildman–Crippen LogP) is 3.70. The number of ether oxygens (including phenoxy) is 1. The normalized spacial score (nSPS) is 13.0. The van der Waals surface area contributed by atoms with E-state index in [1.165, 1.54) is 24.5 Å². The molecule has 6 nitrogen and oxygen atoms in total. The fourth-order valence-corrected chi connectivity index (χ4v) is 2.70. The van der Waals surface area contributed by atoms with Gasteiger partial charge in [0.2, 0.25) is 0 Å². The van der Waals surface area contributed by atoms with Crippen LogP contribution in [0.2, 0.25) is 0 Å². The topological polar surface area (TPSA) is 67.4 Å². The molecule has 0 bridgehead atoms. The molecule has 1 aliphatic rings. The van der Waals surface area contributed by atoms with E-state index < -0.39 is 5.82 Å². The SMILES string of the molecule is C#Cc1ccc(F)c(Nc2ncnc3ccc(OC(=O)N4CCC4)cc23)c1. The Morgan fingerprint density at radius 3 is 2.81 bits per heavy atom. The van der Waals surface area contributed by atoms with Gasteiger partial charge in [0, 0.05) is 24.0 Å². The molecule has 0 radical (unpaired) electrons. The molecule has 1 N–H and O–H groups in total. The molecule has 0 atom stereocenters. The van der Waals surface area contributed by atoms with E-state index in [9.17, 15) is 9.18 Å². The third kappa shape index (κ3) is 3.37. The van der Waals surface area contributed by atoms with Crippen LogP contribution in [0.3, 0.4) is 0 Å². The van der Waals surface area contributed by atoms with Crippen LogP contribution in [0, 0.1) is 18.2 Å². The van der Waals surface area contributed by atoms with Crippen LogP contribution in [0.25, 0.3) is 10.9 Å². The van der Waals surface area contributed by atoms with Crippen LogP contribution in [-0.2, 0) is 0 Å². The van der Waals surface area contributed by atoms with Crippen molar-refractivity contribution in [1.82, 2.24) is 14.9 Å². The minimum absolute atomic E-state index is 0.202. The zero-order valence-corrected chi connectivity index (χ0v) is 14.3.